The van der Waals surface area contributed by atoms with Gasteiger partial charge >= 0.3 is 0 Å². The Morgan fingerprint density at radius 1 is 1.19 bits per heavy atom. The van der Waals surface area contributed by atoms with Gasteiger partial charge in [0, 0.05) is 48.8 Å². The smallest absolute Gasteiger partial charge is 0.232 e. The minimum absolute atomic E-state index is 0.0713. The van der Waals surface area contributed by atoms with Crippen LogP contribution < -0.4 is 15.5 Å². The van der Waals surface area contributed by atoms with Crippen molar-refractivity contribution < 1.29 is 4.74 Å². The van der Waals surface area contributed by atoms with Crippen LogP contribution in [-0.2, 0) is 10.2 Å². The maximum Gasteiger partial charge on any atom is 0.232 e. The molecule has 32 heavy (non-hydrogen) atoms. The predicted molar refractivity (Wildman–Crippen MR) is 135 cm³/mol. The summed E-state index contributed by atoms with van der Waals surface area (Å²) in [5.41, 5.74) is 1.17. The van der Waals surface area contributed by atoms with E-state index >= 15 is 0 Å². The predicted octanol–water partition coefficient (Wildman–Crippen LogP) is 5.20. The molecule has 2 fully saturated rings. The minimum atomic E-state index is -0.0713. The third kappa shape index (κ3) is 5.63. The number of benzene rings is 1. The van der Waals surface area contributed by atoms with E-state index in [0.29, 0.717) is 28.8 Å². The molecule has 0 saturated carbocycles. The standard InChI is InChI=1S/C23H29Cl2N5OS/c1-16-4-2-3-11-30(16)20-14-19(25)27-21(28-20)29-22(32)26-15-23(9-12-31-13-10-23)17-5-7-18(24)8-6-17/h5-8,14,16H,2-4,9-13,15H2,1H3,(H2,26,27,28,29,32)/t16-/m1/s1. The van der Waals surface area contributed by atoms with E-state index < -0.39 is 0 Å². The Balaban J connectivity index is 1.44. The van der Waals surface area contributed by atoms with Crippen LogP contribution in [0.3, 0.4) is 0 Å². The maximum absolute atomic E-state index is 6.31. The molecule has 0 spiro atoms. The molecule has 3 heterocycles. The molecular formula is C23H29Cl2N5OS. The summed E-state index contributed by atoms with van der Waals surface area (Å²) >= 11 is 18.0. The quantitative estimate of drug-likeness (QED) is 0.438. The maximum atomic E-state index is 6.31. The van der Waals surface area contributed by atoms with Gasteiger partial charge in [0.2, 0.25) is 5.95 Å². The molecule has 2 N–H and O–H groups in total. The third-order valence-electron chi connectivity index (χ3n) is 6.50. The Labute approximate surface area is 205 Å². The molecule has 2 aromatic rings. The Morgan fingerprint density at radius 2 is 1.94 bits per heavy atom. The van der Waals surface area contributed by atoms with Crippen LogP contribution in [0.2, 0.25) is 10.2 Å². The van der Waals surface area contributed by atoms with Crippen molar-refractivity contribution in [2.75, 3.05) is 36.5 Å². The number of rotatable bonds is 5. The van der Waals surface area contributed by atoms with Gasteiger partial charge in [-0.1, -0.05) is 35.3 Å². The van der Waals surface area contributed by atoms with Crippen molar-refractivity contribution in [1.29, 1.82) is 0 Å². The van der Waals surface area contributed by atoms with Crippen molar-refractivity contribution in [3.8, 4) is 0 Å². The summed E-state index contributed by atoms with van der Waals surface area (Å²) in [6, 6.07) is 10.3. The van der Waals surface area contributed by atoms with Crippen molar-refractivity contribution in [3.63, 3.8) is 0 Å². The highest BCUT2D eigenvalue weighted by atomic mass is 35.5. The van der Waals surface area contributed by atoms with Crippen LogP contribution in [-0.4, -0.2) is 47.4 Å². The fourth-order valence-electron chi connectivity index (χ4n) is 4.58. The van der Waals surface area contributed by atoms with Crippen molar-refractivity contribution in [2.24, 2.45) is 0 Å². The summed E-state index contributed by atoms with van der Waals surface area (Å²) in [6.45, 7) is 5.32. The summed E-state index contributed by atoms with van der Waals surface area (Å²) in [4.78, 5) is 11.3. The summed E-state index contributed by atoms with van der Waals surface area (Å²) in [6.07, 6.45) is 5.38. The molecule has 0 unspecified atom stereocenters. The first-order chi connectivity index (χ1) is 15.4. The molecule has 2 saturated heterocycles. The van der Waals surface area contributed by atoms with Gasteiger partial charge in [0.05, 0.1) is 0 Å². The number of ether oxygens (including phenoxy) is 1. The number of anilines is 2. The molecule has 1 aromatic heterocycles. The molecule has 172 valence electrons. The largest absolute Gasteiger partial charge is 0.381 e. The molecule has 4 rings (SSSR count). The van der Waals surface area contributed by atoms with E-state index in [1.54, 1.807) is 0 Å². The molecule has 0 aliphatic carbocycles. The third-order valence-corrected chi connectivity index (χ3v) is 7.19. The number of hydrogen-bond donors (Lipinski definition) is 2. The number of hydrogen-bond acceptors (Lipinski definition) is 5. The van der Waals surface area contributed by atoms with E-state index in [-0.39, 0.29) is 5.41 Å². The highest BCUT2D eigenvalue weighted by Gasteiger charge is 2.34. The molecular weight excluding hydrogens is 465 g/mol. The van der Waals surface area contributed by atoms with E-state index in [0.717, 1.165) is 56.3 Å². The number of piperidine rings is 1. The average molecular weight is 494 g/mol. The fourth-order valence-corrected chi connectivity index (χ4v) is 5.04. The Bertz CT molecular complexity index is 936. The van der Waals surface area contributed by atoms with Gasteiger partial charge < -0.3 is 20.3 Å². The summed E-state index contributed by atoms with van der Waals surface area (Å²) in [5.74, 6) is 1.25. The molecule has 0 bridgehead atoms. The average Bonchev–Trinajstić information content (AvgIpc) is 2.79. The first kappa shape index (κ1) is 23.5. The van der Waals surface area contributed by atoms with E-state index in [1.165, 1.54) is 12.0 Å². The molecule has 1 aromatic carbocycles. The van der Waals surface area contributed by atoms with Crippen LogP contribution in [0, 0.1) is 0 Å². The Morgan fingerprint density at radius 3 is 2.66 bits per heavy atom. The van der Waals surface area contributed by atoms with E-state index in [9.17, 15) is 0 Å². The molecule has 2 aliphatic heterocycles. The van der Waals surface area contributed by atoms with Gasteiger partial charge in [-0.05, 0) is 68.9 Å². The molecule has 1 atom stereocenters. The van der Waals surface area contributed by atoms with Crippen LogP contribution in [0.1, 0.15) is 44.6 Å². The number of thiocarbonyl (C=S) groups is 1. The van der Waals surface area contributed by atoms with Crippen molar-refractivity contribution in [1.82, 2.24) is 15.3 Å². The van der Waals surface area contributed by atoms with E-state index in [1.807, 2.05) is 18.2 Å². The Hall–Kier alpha value is -1.67. The summed E-state index contributed by atoms with van der Waals surface area (Å²) in [5, 5.41) is 8.12. The van der Waals surface area contributed by atoms with Crippen LogP contribution in [0.5, 0.6) is 0 Å². The molecule has 6 nitrogen and oxygen atoms in total. The SMILES string of the molecule is C[C@@H]1CCCCN1c1cc(Cl)nc(NC(=S)NCC2(c3ccc(Cl)cc3)CCOCC2)n1. The van der Waals surface area contributed by atoms with Gasteiger partial charge in [0.1, 0.15) is 11.0 Å². The minimum Gasteiger partial charge on any atom is -0.381 e. The lowest BCUT2D eigenvalue weighted by atomic mass is 9.74. The number of halogens is 2. The van der Waals surface area contributed by atoms with Crippen LogP contribution in [0.25, 0.3) is 0 Å². The molecule has 2 aliphatic rings. The van der Waals surface area contributed by atoms with Gasteiger partial charge in [-0.25, -0.2) is 4.98 Å². The van der Waals surface area contributed by atoms with Crippen LogP contribution in [0.15, 0.2) is 30.3 Å². The van der Waals surface area contributed by atoms with E-state index in [2.05, 4.69) is 44.6 Å². The summed E-state index contributed by atoms with van der Waals surface area (Å²) < 4.78 is 5.62. The lowest BCUT2D eigenvalue weighted by Gasteiger charge is -2.38. The second-order valence-corrected chi connectivity index (χ2v) is 9.85. The lowest BCUT2D eigenvalue weighted by Crippen LogP contribution is -2.45. The highest BCUT2D eigenvalue weighted by molar-refractivity contribution is 7.80. The monoisotopic (exact) mass is 493 g/mol. The van der Waals surface area contributed by atoms with Crippen LogP contribution in [0.4, 0.5) is 11.8 Å². The number of nitrogens with zero attached hydrogens (tertiary/aromatic N) is 3. The fraction of sp³-hybridized carbons (Fsp3) is 0.522. The lowest BCUT2D eigenvalue weighted by molar-refractivity contribution is 0.0515. The van der Waals surface area contributed by atoms with Crippen molar-refractivity contribution >= 4 is 52.3 Å². The number of nitrogens with one attached hydrogen (secondary N) is 2. The summed E-state index contributed by atoms with van der Waals surface area (Å²) in [7, 11) is 0. The molecule has 0 amide bonds. The first-order valence-electron chi connectivity index (χ1n) is 11.2. The second-order valence-electron chi connectivity index (χ2n) is 8.62. The Kier molecular flexibility index (Phi) is 7.71. The molecule has 9 heteroatoms. The van der Waals surface area contributed by atoms with E-state index in [4.69, 9.17) is 40.2 Å². The zero-order valence-electron chi connectivity index (χ0n) is 18.2. The topological polar surface area (TPSA) is 62.3 Å². The number of aromatic nitrogens is 2. The van der Waals surface area contributed by atoms with Gasteiger partial charge in [-0.3, -0.25) is 0 Å². The van der Waals surface area contributed by atoms with Gasteiger partial charge in [-0.15, -0.1) is 0 Å². The first-order valence-corrected chi connectivity index (χ1v) is 12.3. The second kappa shape index (κ2) is 10.5. The van der Waals surface area contributed by atoms with Crippen LogP contribution >= 0.6 is 35.4 Å². The van der Waals surface area contributed by atoms with Crippen molar-refractivity contribution in [2.45, 2.75) is 50.5 Å². The van der Waals surface area contributed by atoms with Gasteiger partial charge in [-0.2, -0.15) is 4.98 Å². The molecule has 0 radical (unpaired) electrons. The van der Waals surface area contributed by atoms with Crippen molar-refractivity contribution in [3.05, 3.63) is 46.1 Å². The normalized spacial score (nSPS) is 20.6. The highest BCUT2D eigenvalue weighted by Crippen LogP contribution is 2.35. The van der Waals surface area contributed by atoms with Gasteiger partial charge in [0.25, 0.3) is 0 Å². The van der Waals surface area contributed by atoms with Gasteiger partial charge in [0.15, 0.2) is 5.11 Å². The zero-order valence-corrected chi connectivity index (χ0v) is 20.6. The zero-order chi connectivity index (χ0) is 22.6.